The van der Waals surface area contributed by atoms with Crippen molar-refractivity contribution < 1.29 is 15.2 Å². The highest BCUT2D eigenvalue weighted by atomic mass is 16.5. The van der Waals surface area contributed by atoms with Crippen LogP contribution in [0.4, 0.5) is 0 Å². The van der Waals surface area contributed by atoms with Gasteiger partial charge in [-0.2, -0.15) is 0 Å². The summed E-state index contributed by atoms with van der Waals surface area (Å²) >= 11 is 0. The van der Waals surface area contributed by atoms with Crippen molar-refractivity contribution in [1.82, 2.24) is 0 Å². The van der Waals surface area contributed by atoms with E-state index in [9.17, 15) is 5.11 Å². The SMILES string of the molecule is CC[C@@H](C)[NH2+]C[C@@H](O)COc1ccc(C)cc1C. The van der Waals surface area contributed by atoms with Crippen LogP contribution in [0, 0.1) is 13.8 Å². The maximum Gasteiger partial charge on any atom is 0.137 e. The molecule has 0 radical (unpaired) electrons. The Hall–Kier alpha value is -1.06. The molecule has 0 fully saturated rings. The van der Waals surface area contributed by atoms with Crippen LogP contribution in [-0.4, -0.2) is 30.4 Å². The Labute approximate surface area is 110 Å². The van der Waals surface area contributed by atoms with E-state index < -0.39 is 6.10 Å². The van der Waals surface area contributed by atoms with Crippen LogP contribution in [0.1, 0.15) is 31.4 Å². The van der Waals surface area contributed by atoms with Gasteiger partial charge in [-0.25, -0.2) is 0 Å². The summed E-state index contributed by atoms with van der Waals surface area (Å²) in [6.45, 7) is 9.46. The second kappa shape index (κ2) is 7.39. The molecule has 2 atom stereocenters. The summed E-state index contributed by atoms with van der Waals surface area (Å²) in [5.74, 6) is 0.864. The van der Waals surface area contributed by atoms with Gasteiger partial charge in [-0.05, 0) is 38.8 Å². The van der Waals surface area contributed by atoms with E-state index in [1.165, 1.54) is 5.56 Å². The Bertz CT molecular complexity index is 366. The minimum absolute atomic E-state index is 0.358. The number of rotatable bonds is 7. The van der Waals surface area contributed by atoms with E-state index in [0.717, 1.165) is 17.7 Å². The van der Waals surface area contributed by atoms with Crippen LogP contribution in [-0.2, 0) is 0 Å². The van der Waals surface area contributed by atoms with Gasteiger partial charge in [-0.15, -0.1) is 0 Å². The third-order valence-electron chi connectivity index (χ3n) is 3.22. The van der Waals surface area contributed by atoms with Crippen LogP contribution in [0.5, 0.6) is 5.75 Å². The van der Waals surface area contributed by atoms with Gasteiger partial charge >= 0.3 is 0 Å². The highest BCUT2D eigenvalue weighted by Crippen LogP contribution is 2.18. The van der Waals surface area contributed by atoms with Gasteiger partial charge < -0.3 is 15.2 Å². The second-order valence-electron chi connectivity index (χ2n) is 5.09. The molecule has 0 aliphatic heterocycles. The first-order valence-corrected chi connectivity index (χ1v) is 6.74. The molecule has 0 bridgehead atoms. The summed E-state index contributed by atoms with van der Waals surface area (Å²) in [6.07, 6.45) is 0.699. The lowest BCUT2D eigenvalue weighted by Gasteiger charge is -2.15. The van der Waals surface area contributed by atoms with Gasteiger partial charge in [0.1, 0.15) is 25.0 Å². The standard InChI is InChI=1S/C15H25NO2/c1-5-13(4)16-9-14(17)10-18-15-7-6-11(2)8-12(15)3/h6-8,13-14,16-17H,5,9-10H2,1-4H3/p+1/t13-,14-/m1/s1. The molecular weight excluding hydrogens is 226 g/mol. The van der Waals surface area contributed by atoms with Gasteiger partial charge in [0.05, 0.1) is 6.04 Å². The quantitative estimate of drug-likeness (QED) is 0.770. The topological polar surface area (TPSA) is 46.1 Å². The Morgan fingerprint density at radius 2 is 2.06 bits per heavy atom. The normalized spacial score (nSPS) is 14.3. The lowest BCUT2D eigenvalue weighted by Crippen LogP contribution is -2.91. The third kappa shape index (κ3) is 5.07. The highest BCUT2D eigenvalue weighted by molar-refractivity contribution is 5.35. The van der Waals surface area contributed by atoms with E-state index >= 15 is 0 Å². The number of hydrogen-bond donors (Lipinski definition) is 2. The fourth-order valence-electron chi connectivity index (χ4n) is 1.77. The molecule has 3 N–H and O–H groups in total. The number of benzene rings is 1. The number of nitrogens with two attached hydrogens (primary N) is 1. The van der Waals surface area contributed by atoms with Crippen molar-refractivity contribution in [3.05, 3.63) is 29.3 Å². The summed E-state index contributed by atoms with van der Waals surface area (Å²) < 4.78 is 5.65. The zero-order chi connectivity index (χ0) is 13.5. The number of aliphatic hydroxyl groups excluding tert-OH is 1. The van der Waals surface area contributed by atoms with Gasteiger partial charge in [0.25, 0.3) is 0 Å². The van der Waals surface area contributed by atoms with Gasteiger partial charge in [0, 0.05) is 0 Å². The average molecular weight is 252 g/mol. The van der Waals surface area contributed by atoms with Crippen LogP contribution in [0.25, 0.3) is 0 Å². The molecule has 0 spiro atoms. The van der Waals surface area contributed by atoms with E-state index in [2.05, 4.69) is 32.2 Å². The van der Waals surface area contributed by atoms with Crippen molar-refractivity contribution in [2.75, 3.05) is 13.2 Å². The summed E-state index contributed by atoms with van der Waals surface area (Å²) in [7, 11) is 0. The average Bonchev–Trinajstić information content (AvgIpc) is 2.34. The molecule has 0 heterocycles. The first kappa shape index (κ1) is 15.0. The molecule has 0 amide bonds. The smallest absolute Gasteiger partial charge is 0.137 e. The fraction of sp³-hybridized carbons (Fsp3) is 0.600. The zero-order valence-electron chi connectivity index (χ0n) is 11.9. The molecule has 3 heteroatoms. The summed E-state index contributed by atoms with van der Waals surface area (Å²) in [4.78, 5) is 0. The van der Waals surface area contributed by atoms with Crippen LogP contribution in [0.15, 0.2) is 18.2 Å². The fourth-order valence-corrected chi connectivity index (χ4v) is 1.77. The molecular formula is C15H26NO2+. The minimum Gasteiger partial charge on any atom is -0.490 e. The Balaban J connectivity index is 2.35. The Kier molecular flexibility index (Phi) is 6.16. The summed E-state index contributed by atoms with van der Waals surface area (Å²) in [5.41, 5.74) is 2.35. The van der Waals surface area contributed by atoms with Crippen LogP contribution in [0.2, 0.25) is 0 Å². The molecule has 102 valence electrons. The number of aryl methyl sites for hydroxylation is 2. The van der Waals surface area contributed by atoms with Crippen molar-refractivity contribution in [3.8, 4) is 5.75 Å². The molecule has 1 rings (SSSR count). The second-order valence-corrected chi connectivity index (χ2v) is 5.09. The van der Waals surface area contributed by atoms with Gasteiger partial charge in [-0.1, -0.05) is 24.6 Å². The molecule has 0 saturated heterocycles. The maximum absolute atomic E-state index is 9.84. The van der Waals surface area contributed by atoms with E-state index in [1.807, 2.05) is 19.1 Å². The van der Waals surface area contributed by atoms with Crippen molar-refractivity contribution in [1.29, 1.82) is 0 Å². The molecule has 0 aliphatic rings. The molecule has 0 aromatic heterocycles. The van der Waals surface area contributed by atoms with Gasteiger partial charge in [-0.3, -0.25) is 0 Å². The number of ether oxygens (including phenoxy) is 1. The van der Waals surface area contributed by atoms with Crippen molar-refractivity contribution in [2.45, 2.75) is 46.3 Å². The summed E-state index contributed by atoms with van der Waals surface area (Å²) in [6, 6.07) is 6.64. The molecule has 1 aromatic rings. The van der Waals surface area contributed by atoms with E-state index in [4.69, 9.17) is 4.74 Å². The molecule has 0 aliphatic carbocycles. The first-order chi connectivity index (χ1) is 8.52. The number of aliphatic hydroxyl groups is 1. The van der Waals surface area contributed by atoms with Crippen LogP contribution >= 0.6 is 0 Å². The monoisotopic (exact) mass is 252 g/mol. The minimum atomic E-state index is -0.417. The van der Waals surface area contributed by atoms with Gasteiger partial charge in [0.15, 0.2) is 0 Å². The van der Waals surface area contributed by atoms with E-state index in [0.29, 0.717) is 19.2 Å². The lowest BCUT2D eigenvalue weighted by molar-refractivity contribution is -0.691. The lowest BCUT2D eigenvalue weighted by atomic mass is 10.1. The predicted octanol–water partition coefficient (Wildman–Crippen LogP) is 1.41. The largest absolute Gasteiger partial charge is 0.490 e. The number of quaternary nitrogens is 1. The van der Waals surface area contributed by atoms with Crippen molar-refractivity contribution >= 4 is 0 Å². The molecule has 1 aromatic carbocycles. The van der Waals surface area contributed by atoms with Crippen molar-refractivity contribution in [2.24, 2.45) is 0 Å². The van der Waals surface area contributed by atoms with Crippen LogP contribution in [0.3, 0.4) is 0 Å². The van der Waals surface area contributed by atoms with Gasteiger partial charge in [0.2, 0.25) is 0 Å². The van der Waals surface area contributed by atoms with Crippen LogP contribution < -0.4 is 10.1 Å². The molecule has 18 heavy (non-hydrogen) atoms. The Morgan fingerprint density at radius 1 is 1.33 bits per heavy atom. The molecule has 3 nitrogen and oxygen atoms in total. The maximum atomic E-state index is 9.84. The summed E-state index contributed by atoms with van der Waals surface area (Å²) in [5, 5.41) is 12.0. The first-order valence-electron chi connectivity index (χ1n) is 6.74. The third-order valence-corrected chi connectivity index (χ3v) is 3.22. The molecule has 0 unspecified atom stereocenters. The Morgan fingerprint density at radius 3 is 2.67 bits per heavy atom. The molecule has 0 saturated carbocycles. The predicted molar refractivity (Wildman–Crippen MR) is 74.0 cm³/mol. The highest BCUT2D eigenvalue weighted by Gasteiger charge is 2.10. The van der Waals surface area contributed by atoms with E-state index in [1.54, 1.807) is 0 Å². The van der Waals surface area contributed by atoms with E-state index in [-0.39, 0.29) is 0 Å². The zero-order valence-corrected chi connectivity index (χ0v) is 11.9. The van der Waals surface area contributed by atoms with Crippen molar-refractivity contribution in [3.63, 3.8) is 0 Å². The number of hydrogen-bond acceptors (Lipinski definition) is 2.